The maximum Gasteiger partial charge on any atom is 0.419 e. The lowest BCUT2D eigenvalue weighted by Crippen LogP contribution is -2.39. The fourth-order valence-corrected chi connectivity index (χ4v) is 3.78. The van der Waals surface area contributed by atoms with Crippen molar-refractivity contribution in [1.29, 1.82) is 0 Å². The molecule has 0 unspecified atom stereocenters. The molecule has 0 aliphatic carbocycles. The van der Waals surface area contributed by atoms with E-state index in [0.29, 0.717) is 10.4 Å². The largest absolute Gasteiger partial charge is 0.464 e. The molecule has 0 aliphatic rings. The topological polar surface area (TPSA) is 105 Å². The summed E-state index contributed by atoms with van der Waals surface area (Å²) in [7, 11) is 0. The van der Waals surface area contributed by atoms with Crippen molar-refractivity contribution in [3.63, 3.8) is 0 Å². The van der Waals surface area contributed by atoms with E-state index in [1.807, 2.05) is 5.43 Å². The molecule has 1 amide bonds. The Balaban J connectivity index is 2.59. The van der Waals surface area contributed by atoms with Gasteiger partial charge < -0.3 is 5.11 Å². The van der Waals surface area contributed by atoms with Crippen molar-refractivity contribution in [3.05, 3.63) is 31.3 Å². The number of rotatable bonds is 6. The molecule has 0 aromatic carbocycles. The molecule has 0 saturated carbocycles. The molecule has 0 fully saturated rings. The predicted octanol–water partition coefficient (Wildman–Crippen LogP) is 1.78. The average molecular weight is 394 g/mol. The summed E-state index contributed by atoms with van der Waals surface area (Å²) >= 11 is 0.987. The zero-order valence-corrected chi connectivity index (χ0v) is 14.8. The van der Waals surface area contributed by atoms with Crippen LogP contribution in [0.25, 0.3) is 10.2 Å². The second-order valence-corrected chi connectivity index (χ2v) is 6.55. The predicted molar refractivity (Wildman–Crippen MR) is 89.4 cm³/mol. The summed E-state index contributed by atoms with van der Waals surface area (Å²) in [6.07, 6.45) is -6.95. The molecule has 2 rings (SSSR count). The lowest BCUT2D eigenvalue weighted by atomic mass is 10.2. The van der Waals surface area contributed by atoms with Gasteiger partial charge in [-0.15, -0.1) is 11.3 Å². The highest BCUT2D eigenvalue weighted by molar-refractivity contribution is 7.18. The Morgan fingerprint density at radius 1 is 1.27 bits per heavy atom. The van der Waals surface area contributed by atoms with E-state index in [0.717, 1.165) is 20.5 Å². The number of carboxylic acid groups (broad SMARTS) is 1. The number of hydrogen-bond donors (Lipinski definition) is 3. The average Bonchev–Trinajstić information content (AvgIpc) is 2.83. The van der Waals surface area contributed by atoms with Crippen molar-refractivity contribution in [2.24, 2.45) is 0 Å². The number of hydrogen-bond acceptors (Lipinski definition) is 5. The second-order valence-electron chi connectivity index (χ2n) is 5.46. The van der Waals surface area contributed by atoms with E-state index in [1.54, 1.807) is 13.8 Å². The van der Waals surface area contributed by atoms with E-state index in [9.17, 15) is 27.6 Å². The van der Waals surface area contributed by atoms with Crippen molar-refractivity contribution in [2.45, 2.75) is 46.1 Å². The molecular formula is C14H17F3N4O4S. The van der Waals surface area contributed by atoms with Gasteiger partial charge in [0.15, 0.2) is 0 Å². The van der Waals surface area contributed by atoms with Crippen molar-refractivity contribution in [2.75, 3.05) is 0 Å². The number of fused-ring (bicyclic) bond motifs is 1. The van der Waals surface area contributed by atoms with Gasteiger partial charge in [-0.25, -0.2) is 15.0 Å². The highest BCUT2D eigenvalue weighted by Gasteiger charge is 2.28. The van der Waals surface area contributed by atoms with Crippen molar-refractivity contribution >= 4 is 27.6 Å². The van der Waals surface area contributed by atoms with Crippen LogP contribution in [0.3, 0.4) is 0 Å². The standard InChI is InChI=1S/C14H17F3N4O4S/c1-3-20-10(22)9-7(2)8(6-18-19-12(23)24)26-11(9)21(13(20)25)5-4-14(15,16)17/h18-19H,3-6H2,1-2H3,(H,23,24). The minimum Gasteiger partial charge on any atom is -0.464 e. The van der Waals surface area contributed by atoms with Crippen LogP contribution in [0, 0.1) is 6.92 Å². The Labute approximate surface area is 148 Å². The SMILES string of the molecule is CCn1c(=O)c2c(C)c(CNNC(=O)O)sc2n(CCC(F)(F)F)c1=O. The summed E-state index contributed by atoms with van der Waals surface area (Å²) in [5.41, 5.74) is 3.51. The smallest absolute Gasteiger partial charge is 0.419 e. The van der Waals surface area contributed by atoms with Gasteiger partial charge in [-0.05, 0) is 19.4 Å². The lowest BCUT2D eigenvalue weighted by molar-refractivity contribution is -0.136. The third kappa shape index (κ3) is 4.07. The zero-order valence-electron chi connectivity index (χ0n) is 13.9. The number of carbonyl (C=O) groups is 1. The van der Waals surface area contributed by atoms with Crippen LogP contribution in [-0.2, 0) is 19.6 Å². The Bertz CT molecular complexity index is 945. The number of amides is 1. The van der Waals surface area contributed by atoms with Crippen molar-refractivity contribution in [3.8, 4) is 0 Å². The van der Waals surface area contributed by atoms with Crippen LogP contribution in [0.4, 0.5) is 18.0 Å². The molecule has 144 valence electrons. The van der Waals surface area contributed by atoms with Gasteiger partial charge in [0.2, 0.25) is 0 Å². The van der Waals surface area contributed by atoms with Gasteiger partial charge in [-0.1, -0.05) is 0 Å². The van der Waals surface area contributed by atoms with E-state index < -0.39 is 36.5 Å². The summed E-state index contributed by atoms with van der Waals surface area (Å²) < 4.78 is 39.7. The van der Waals surface area contributed by atoms with Crippen molar-refractivity contribution < 1.29 is 23.1 Å². The van der Waals surface area contributed by atoms with Gasteiger partial charge in [0.25, 0.3) is 5.56 Å². The third-order valence-electron chi connectivity index (χ3n) is 3.77. The van der Waals surface area contributed by atoms with E-state index in [1.165, 1.54) is 0 Å². The Hall–Kier alpha value is -2.34. The monoisotopic (exact) mass is 394 g/mol. The number of hydrazine groups is 1. The molecule has 0 spiro atoms. The first-order valence-electron chi connectivity index (χ1n) is 7.61. The number of nitrogens with one attached hydrogen (secondary N) is 2. The first-order chi connectivity index (χ1) is 12.1. The van der Waals surface area contributed by atoms with Crippen LogP contribution in [0.1, 0.15) is 23.8 Å². The number of halogens is 3. The van der Waals surface area contributed by atoms with Gasteiger partial charge in [-0.2, -0.15) is 13.2 Å². The maximum atomic E-state index is 12.6. The molecule has 2 aromatic heterocycles. The van der Waals surface area contributed by atoms with E-state index >= 15 is 0 Å². The molecule has 0 radical (unpaired) electrons. The highest BCUT2D eigenvalue weighted by Crippen LogP contribution is 2.29. The highest BCUT2D eigenvalue weighted by atomic mass is 32.1. The summed E-state index contributed by atoms with van der Waals surface area (Å²) in [6.45, 7) is 2.62. The zero-order chi connectivity index (χ0) is 19.6. The van der Waals surface area contributed by atoms with Gasteiger partial charge in [-0.3, -0.25) is 19.4 Å². The van der Waals surface area contributed by atoms with E-state index in [-0.39, 0.29) is 23.3 Å². The first-order valence-corrected chi connectivity index (χ1v) is 8.42. The quantitative estimate of drug-likeness (QED) is 0.648. The molecule has 26 heavy (non-hydrogen) atoms. The van der Waals surface area contributed by atoms with E-state index in [4.69, 9.17) is 5.11 Å². The van der Waals surface area contributed by atoms with Crippen molar-refractivity contribution in [1.82, 2.24) is 20.0 Å². The van der Waals surface area contributed by atoms with Crippen LogP contribution in [0.5, 0.6) is 0 Å². The van der Waals surface area contributed by atoms with E-state index in [2.05, 4.69) is 5.43 Å². The van der Waals surface area contributed by atoms with Crippen LogP contribution < -0.4 is 22.1 Å². The van der Waals surface area contributed by atoms with Gasteiger partial charge in [0, 0.05) is 24.5 Å². The van der Waals surface area contributed by atoms with Gasteiger partial charge in [0.05, 0.1) is 11.8 Å². The molecule has 0 saturated heterocycles. The summed E-state index contributed by atoms with van der Waals surface area (Å²) in [4.78, 5) is 36.2. The number of aryl methyl sites for hydroxylation is 2. The fourth-order valence-electron chi connectivity index (χ4n) is 2.52. The van der Waals surface area contributed by atoms with Crippen LogP contribution in [0.15, 0.2) is 9.59 Å². The van der Waals surface area contributed by atoms with Gasteiger partial charge in [0.1, 0.15) is 4.83 Å². The Morgan fingerprint density at radius 3 is 2.46 bits per heavy atom. The van der Waals surface area contributed by atoms with Gasteiger partial charge >= 0.3 is 18.0 Å². The minimum absolute atomic E-state index is 0.0243. The third-order valence-corrected chi connectivity index (χ3v) is 5.09. The summed E-state index contributed by atoms with van der Waals surface area (Å²) in [6, 6.07) is 0. The Kier molecular flexibility index (Phi) is 5.76. The lowest BCUT2D eigenvalue weighted by Gasteiger charge is -2.12. The number of alkyl halides is 3. The molecule has 0 atom stereocenters. The van der Waals surface area contributed by atoms with Crippen LogP contribution in [0.2, 0.25) is 0 Å². The first kappa shape index (κ1) is 20.0. The molecule has 2 heterocycles. The second kappa shape index (κ2) is 7.50. The maximum absolute atomic E-state index is 12.6. The van der Waals surface area contributed by atoms with Crippen LogP contribution in [-0.4, -0.2) is 26.5 Å². The number of aromatic nitrogens is 2. The number of thiophene rings is 1. The molecular weight excluding hydrogens is 377 g/mol. The summed E-state index contributed by atoms with van der Waals surface area (Å²) in [5.74, 6) is 0. The number of nitrogens with zero attached hydrogens (tertiary/aromatic N) is 2. The molecule has 0 aliphatic heterocycles. The normalized spacial score (nSPS) is 11.9. The Morgan fingerprint density at radius 2 is 1.92 bits per heavy atom. The molecule has 12 heteroatoms. The molecule has 0 bridgehead atoms. The molecule has 3 N–H and O–H groups in total. The van der Waals surface area contributed by atoms with Crippen LogP contribution >= 0.6 is 11.3 Å². The summed E-state index contributed by atoms with van der Waals surface area (Å²) in [5, 5.41) is 8.74. The molecule has 2 aromatic rings. The fraction of sp³-hybridized carbons (Fsp3) is 0.500. The minimum atomic E-state index is -4.44. The molecule has 8 nitrogen and oxygen atoms in total.